The zero-order valence-corrected chi connectivity index (χ0v) is 22.1. The van der Waals surface area contributed by atoms with E-state index in [1.165, 1.54) is 44.7 Å². The topological polar surface area (TPSA) is 127 Å². The first-order valence-electron chi connectivity index (χ1n) is 11.8. The van der Waals surface area contributed by atoms with Crippen molar-refractivity contribution < 1.29 is 31.9 Å². The molecule has 0 unspecified atom stereocenters. The van der Waals surface area contributed by atoms with Crippen LogP contribution in [-0.2, 0) is 21.4 Å². The number of furan rings is 1. The third-order valence-electron chi connectivity index (χ3n) is 5.74. The maximum absolute atomic E-state index is 13.7. The fraction of sp³-hybridized carbons (Fsp3) is 0.143. The van der Waals surface area contributed by atoms with Gasteiger partial charge in [-0.3, -0.25) is 13.9 Å². The molecule has 202 valence electrons. The van der Waals surface area contributed by atoms with Crippen LogP contribution in [0.3, 0.4) is 0 Å². The van der Waals surface area contributed by atoms with Crippen molar-refractivity contribution in [3.63, 3.8) is 0 Å². The molecule has 0 spiro atoms. The van der Waals surface area contributed by atoms with Gasteiger partial charge >= 0.3 is 0 Å². The van der Waals surface area contributed by atoms with Crippen molar-refractivity contribution in [1.29, 1.82) is 0 Å². The molecule has 2 N–H and O–H groups in total. The second-order valence-corrected chi connectivity index (χ2v) is 10.1. The van der Waals surface area contributed by atoms with Crippen molar-refractivity contribution in [2.45, 2.75) is 11.4 Å². The number of nitrogens with zero attached hydrogens (tertiary/aromatic N) is 1. The second kappa shape index (κ2) is 12.2. The Balaban J connectivity index is 1.60. The van der Waals surface area contributed by atoms with Crippen molar-refractivity contribution in [2.24, 2.45) is 0 Å². The van der Waals surface area contributed by atoms with Crippen LogP contribution >= 0.6 is 0 Å². The smallest absolute Gasteiger partial charge is 0.264 e. The van der Waals surface area contributed by atoms with E-state index in [9.17, 15) is 18.0 Å². The number of para-hydroxylation sites is 3. The Labute approximate surface area is 226 Å². The molecule has 3 aromatic carbocycles. The van der Waals surface area contributed by atoms with E-state index in [4.69, 9.17) is 13.9 Å². The first-order chi connectivity index (χ1) is 18.8. The van der Waals surface area contributed by atoms with Gasteiger partial charge in [0.25, 0.3) is 15.9 Å². The predicted molar refractivity (Wildman–Crippen MR) is 145 cm³/mol. The summed E-state index contributed by atoms with van der Waals surface area (Å²) in [6.45, 7) is -0.424. The highest BCUT2D eigenvalue weighted by atomic mass is 32.2. The Kier molecular flexibility index (Phi) is 8.52. The molecule has 2 amide bonds. The molecular weight excluding hydrogens is 522 g/mol. The van der Waals surface area contributed by atoms with E-state index in [2.05, 4.69) is 10.6 Å². The zero-order valence-electron chi connectivity index (χ0n) is 21.3. The number of amides is 2. The van der Waals surface area contributed by atoms with E-state index in [0.717, 1.165) is 4.31 Å². The van der Waals surface area contributed by atoms with Crippen molar-refractivity contribution in [1.82, 2.24) is 5.32 Å². The van der Waals surface area contributed by atoms with Gasteiger partial charge < -0.3 is 24.5 Å². The number of rotatable bonds is 11. The predicted octanol–water partition coefficient (Wildman–Crippen LogP) is 4.06. The summed E-state index contributed by atoms with van der Waals surface area (Å²) in [5.74, 6) is 0.220. The van der Waals surface area contributed by atoms with E-state index in [1.807, 2.05) is 0 Å². The molecule has 0 fully saturated rings. The van der Waals surface area contributed by atoms with Gasteiger partial charge in [-0.25, -0.2) is 8.42 Å². The van der Waals surface area contributed by atoms with Crippen LogP contribution in [-0.4, -0.2) is 41.0 Å². The summed E-state index contributed by atoms with van der Waals surface area (Å²) in [7, 11) is -1.32. The van der Waals surface area contributed by atoms with E-state index in [1.54, 1.807) is 60.7 Å². The van der Waals surface area contributed by atoms with Gasteiger partial charge in [-0.1, -0.05) is 24.3 Å². The normalized spacial score (nSPS) is 10.9. The maximum Gasteiger partial charge on any atom is 0.264 e. The fourth-order valence-corrected chi connectivity index (χ4v) is 5.23. The van der Waals surface area contributed by atoms with Crippen LogP contribution in [0.25, 0.3) is 0 Å². The Morgan fingerprint density at radius 3 is 2.28 bits per heavy atom. The summed E-state index contributed by atoms with van der Waals surface area (Å²) >= 11 is 0. The SMILES string of the molecule is COc1ccc(S(=O)(=O)N(CC(=O)Nc2ccccc2C(=O)NCc2ccco2)c2ccccc2OC)cc1. The van der Waals surface area contributed by atoms with Crippen molar-refractivity contribution in [2.75, 3.05) is 30.4 Å². The monoisotopic (exact) mass is 549 g/mol. The second-order valence-electron chi connectivity index (χ2n) is 8.21. The van der Waals surface area contributed by atoms with E-state index in [0.29, 0.717) is 11.5 Å². The fourth-order valence-electron chi connectivity index (χ4n) is 3.80. The Bertz CT molecular complexity index is 1540. The van der Waals surface area contributed by atoms with Crippen molar-refractivity contribution in [3.8, 4) is 11.5 Å². The minimum Gasteiger partial charge on any atom is -0.497 e. The third kappa shape index (κ3) is 6.39. The molecule has 0 saturated heterocycles. The molecule has 0 saturated carbocycles. The number of anilines is 2. The van der Waals surface area contributed by atoms with Crippen LogP contribution in [0, 0.1) is 0 Å². The molecule has 39 heavy (non-hydrogen) atoms. The van der Waals surface area contributed by atoms with Crippen LogP contribution in [0.4, 0.5) is 11.4 Å². The molecular formula is C28H27N3O7S. The number of ether oxygens (including phenoxy) is 2. The third-order valence-corrected chi connectivity index (χ3v) is 7.51. The summed E-state index contributed by atoms with van der Waals surface area (Å²) in [5.41, 5.74) is 0.607. The van der Waals surface area contributed by atoms with Crippen molar-refractivity contribution >= 4 is 33.2 Å². The average molecular weight is 550 g/mol. The highest BCUT2D eigenvalue weighted by molar-refractivity contribution is 7.92. The van der Waals surface area contributed by atoms with Crippen LogP contribution in [0.15, 0.2) is 101 Å². The average Bonchev–Trinajstić information content (AvgIpc) is 3.49. The highest BCUT2D eigenvalue weighted by Gasteiger charge is 2.30. The number of carbonyl (C=O) groups excluding carboxylic acids is 2. The van der Waals surface area contributed by atoms with Gasteiger partial charge in [-0.2, -0.15) is 0 Å². The molecule has 0 aliphatic rings. The molecule has 4 aromatic rings. The van der Waals surface area contributed by atoms with Crippen LogP contribution in [0.1, 0.15) is 16.1 Å². The van der Waals surface area contributed by atoms with Gasteiger partial charge in [0.05, 0.1) is 48.9 Å². The first-order valence-corrected chi connectivity index (χ1v) is 13.3. The lowest BCUT2D eigenvalue weighted by Crippen LogP contribution is -2.38. The van der Waals surface area contributed by atoms with Crippen molar-refractivity contribution in [3.05, 3.63) is 103 Å². The largest absolute Gasteiger partial charge is 0.497 e. The number of carbonyl (C=O) groups is 2. The lowest BCUT2D eigenvalue weighted by atomic mass is 10.1. The Morgan fingerprint density at radius 1 is 0.872 bits per heavy atom. The van der Waals surface area contributed by atoms with Crippen LogP contribution < -0.4 is 24.4 Å². The molecule has 0 atom stereocenters. The van der Waals surface area contributed by atoms with Gasteiger partial charge in [0.2, 0.25) is 5.91 Å². The highest BCUT2D eigenvalue weighted by Crippen LogP contribution is 2.32. The molecule has 1 aromatic heterocycles. The summed E-state index contributed by atoms with van der Waals surface area (Å²) < 4.78 is 44.2. The van der Waals surface area contributed by atoms with Gasteiger partial charge in [0.1, 0.15) is 23.8 Å². The lowest BCUT2D eigenvalue weighted by Gasteiger charge is -2.26. The first kappa shape index (κ1) is 27.3. The Hall–Kier alpha value is -4.77. The van der Waals surface area contributed by atoms with E-state index >= 15 is 0 Å². The molecule has 0 bridgehead atoms. The number of nitrogens with one attached hydrogen (secondary N) is 2. The number of benzene rings is 3. The summed E-state index contributed by atoms with van der Waals surface area (Å²) in [4.78, 5) is 26.1. The molecule has 10 nitrogen and oxygen atoms in total. The van der Waals surface area contributed by atoms with Crippen LogP contribution in [0.2, 0.25) is 0 Å². The van der Waals surface area contributed by atoms with E-state index < -0.39 is 28.4 Å². The standard InChI is InChI=1S/C28H27N3O7S/c1-36-20-13-15-22(16-14-20)39(34,35)31(25-11-5-6-12-26(25)37-2)19-27(32)30-24-10-4-3-9-23(24)28(33)29-18-21-8-7-17-38-21/h3-17H,18-19H2,1-2H3,(H,29,33)(H,30,32). The quantitative estimate of drug-likeness (QED) is 0.289. The molecule has 11 heteroatoms. The number of sulfonamides is 1. The summed E-state index contributed by atoms with van der Waals surface area (Å²) in [6, 6.07) is 22.2. The van der Waals surface area contributed by atoms with Gasteiger partial charge in [0.15, 0.2) is 0 Å². The van der Waals surface area contributed by atoms with Crippen LogP contribution in [0.5, 0.6) is 11.5 Å². The minimum atomic E-state index is -4.21. The van der Waals surface area contributed by atoms with Gasteiger partial charge in [0, 0.05) is 0 Å². The number of hydrogen-bond acceptors (Lipinski definition) is 7. The number of methoxy groups -OCH3 is 2. The maximum atomic E-state index is 13.7. The van der Waals surface area contributed by atoms with Gasteiger partial charge in [-0.15, -0.1) is 0 Å². The Morgan fingerprint density at radius 2 is 1.59 bits per heavy atom. The molecule has 4 rings (SSSR count). The molecule has 0 aliphatic carbocycles. The lowest BCUT2D eigenvalue weighted by molar-refractivity contribution is -0.114. The van der Waals surface area contributed by atoms with E-state index in [-0.39, 0.29) is 34.1 Å². The molecule has 0 aliphatic heterocycles. The zero-order chi connectivity index (χ0) is 27.8. The molecule has 1 heterocycles. The number of hydrogen-bond donors (Lipinski definition) is 2. The minimum absolute atomic E-state index is 0.0419. The summed E-state index contributed by atoms with van der Waals surface area (Å²) in [6.07, 6.45) is 1.50. The van der Waals surface area contributed by atoms with Gasteiger partial charge in [-0.05, 0) is 60.7 Å². The summed E-state index contributed by atoms with van der Waals surface area (Å²) in [5, 5.41) is 5.41. The molecule has 0 radical (unpaired) electrons.